The molecule has 0 heterocycles. The molecule has 41 heavy (non-hydrogen) atoms. The molecule has 0 saturated heterocycles. The summed E-state index contributed by atoms with van der Waals surface area (Å²) in [4.78, 5) is 23.4. The third-order valence-electron chi connectivity index (χ3n) is 9.12. The van der Waals surface area contributed by atoms with Crippen molar-refractivity contribution in [2.45, 2.75) is 207 Å². The first-order valence-corrected chi connectivity index (χ1v) is 18.1. The van der Waals surface area contributed by atoms with Crippen LogP contribution in [0.25, 0.3) is 0 Å². The van der Waals surface area contributed by atoms with Crippen molar-refractivity contribution in [3.05, 3.63) is 0 Å². The van der Waals surface area contributed by atoms with E-state index in [1.54, 1.807) is 0 Å². The summed E-state index contributed by atoms with van der Waals surface area (Å²) in [7, 11) is 0. The van der Waals surface area contributed by atoms with Crippen LogP contribution in [0, 0.1) is 17.3 Å². The molecular weight excluding hydrogens is 508 g/mol. The lowest BCUT2D eigenvalue weighted by atomic mass is 9.74. The third kappa shape index (κ3) is 26.3. The zero-order valence-corrected chi connectivity index (χ0v) is 28.2. The summed E-state index contributed by atoms with van der Waals surface area (Å²) in [6.07, 6.45) is 31.6. The van der Waals surface area contributed by atoms with Gasteiger partial charge in [-0.2, -0.15) is 0 Å². The van der Waals surface area contributed by atoms with Crippen LogP contribution >= 0.6 is 0 Å². The van der Waals surface area contributed by atoms with E-state index in [1.165, 1.54) is 103 Å². The fourth-order valence-electron chi connectivity index (χ4n) is 6.30. The monoisotopic (exact) mass is 581 g/mol. The van der Waals surface area contributed by atoms with Crippen LogP contribution in [-0.4, -0.2) is 22.2 Å². The minimum atomic E-state index is -0.734. The Bertz CT molecular complexity index is 568. The molecule has 0 rings (SSSR count). The van der Waals surface area contributed by atoms with Gasteiger partial charge in [-0.1, -0.05) is 175 Å². The number of unbranched alkanes of at least 4 members (excludes halogenated alkanes) is 19. The van der Waals surface area contributed by atoms with E-state index in [0.717, 1.165) is 76.0 Å². The first kappa shape index (κ1) is 39.9. The quantitative estimate of drug-likeness (QED) is 0.0776. The summed E-state index contributed by atoms with van der Waals surface area (Å²) in [6, 6.07) is 0. The zero-order chi connectivity index (χ0) is 30.6. The molecule has 0 fully saturated rings. The van der Waals surface area contributed by atoms with Gasteiger partial charge in [0.1, 0.15) is 0 Å². The van der Waals surface area contributed by atoms with Crippen LogP contribution in [-0.2, 0) is 9.59 Å². The molecule has 0 aromatic carbocycles. The molecule has 0 bridgehead atoms. The van der Waals surface area contributed by atoms with Crippen molar-refractivity contribution < 1.29 is 19.8 Å². The van der Waals surface area contributed by atoms with Crippen LogP contribution in [0.5, 0.6) is 0 Å². The first-order valence-electron chi connectivity index (χ1n) is 18.1. The molecular formula is C37H72O4. The number of carbonyl (C=O) groups is 2. The Kier molecular flexibility index (Phi) is 27.0. The highest BCUT2D eigenvalue weighted by Crippen LogP contribution is 2.38. The van der Waals surface area contributed by atoms with Crippen LogP contribution in [0.2, 0.25) is 0 Å². The highest BCUT2D eigenvalue weighted by atomic mass is 16.4. The van der Waals surface area contributed by atoms with Crippen LogP contribution in [0.3, 0.4) is 0 Å². The molecule has 0 radical (unpaired) electrons. The Morgan fingerprint density at radius 2 is 0.707 bits per heavy atom. The van der Waals surface area contributed by atoms with Crippen molar-refractivity contribution in [1.29, 1.82) is 0 Å². The van der Waals surface area contributed by atoms with Gasteiger partial charge in [0.25, 0.3) is 0 Å². The largest absolute Gasteiger partial charge is 0.481 e. The molecule has 0 saturated carbocycles. The summed E-state index contributed by atoms with van der Waals surface area (Å²) in [5.41, 5.74) is -0.584. The molecule has 4 nitrogen and oxygen atoms in total. The molecule has 0 aliphatic heterocycles. The lowest BCUT2D eigenvalue weighted by Gasteiger charge is -2.30. The van der Waals surface area contributed by atoms with E-state index in [4.69, 9.17) is 5.11 Å². The first-order chi connectivity index (χ1) is 19.7. The molecule has 4 heteroatoms. The summed E-state index contributed by atoms with van der Waals surface area (Å²) in [5.74, 6) is 0.320. The molecule has 0 amide bonds. The van der Waals surface area contributed by atoms with E-state index in [0.29, 0.717) is 6.42 Å². The average molecular weight is 581 g/mol. The van der Waals surface area contributed by atoms with Gasteiger partial charge in [-0.05, 0) is 37.5 Å². The molecule has 0 atom stereocenters. The van der Waals surface area contributed by atoms with Crippen molar-refractivity contribution in [2.75, 3.05) is 0 Å². The predicted octanol–water partition coefficient (Wildman–Crippen LogP) is 12.4. The van der Waals surface area contributed by atoms with Crippen LogP contribution in [0.1, 0.15) is 207 Å². The average Bonchev–Trinajstić information content (AvgIpc) is 2.91. The third-order valence-corrected chi connectivity index (χ3v) is 9.12. The van der Waals surface area contributed by atoms with Gasteiger partial charge in [-0.25, -0.2) is 0 Å². The molecule has 0 aromatic rings. The van der Waals surface area contributed by atoms with Gasteiger partial charge in [0.15, 0.2) is 0 Å². The van der Waals surface area contributed by atoms with Crippen molar-refractivity contribution >= 4 is 11.9 Å². The minimum Gasteiger partial charge on any atom is -0.481 e. The SMILES string of the molecule is CC(C)CCCCCCCCCCCC(CCCCCCCCCCCC(C)C)(CCCCCCC(=O)O)C(=O)O. The highest BCUT2D eigenvalue weighted by molar-refractivity contribution is 5.74. The topological polar surface area (TPSA) is 74.6 Å². The Hall–Kier alpha value is -1.06. The predicted molar refractivity (Wildman–Crippen MR) is 177 cm³/mol. The molecule has 2 N–H and O–H groups in total. The number of hydrogen-bond acceptors (Lipinski definition) is 2. The van der Waals surface area contributed by atoms with E-state index in [9.17, 15) is 14.7 Å². The van der Waals surface area contributed by atoms with Crippen LogP contribution in [0.15, 0.2) is 0 Å². The number of hydrogen-bond donors (Lipinski definition) is 2. The van der Waals surface area contributed by atoms with E-state index >= 15 is 0 Å². The summed E-state index contributed by atoms with van der Waals surface area (Å²) < 4.78 is 0. The molecule has 0 spiro atoms. The maximum atomic E-state index is 12.6. The second-order valence-electron chi connectivity index (χ2n) is 14.1. The Balaban J connectivity index is 4.37. The van der Waals surface area contributed by atoms with Crippen LogP contribution < -0.4 is 0 Å². The van der Waals surface area contributed by atoms with Crippen molar-refractivity contribution in [3.8, 4) is 0 Å². The molecule has 244 valence electrons. The normalized spacial score (nSPS) is 12.0. The number of carboxylic acid groups (broad SMARTS) is 2. The molecule has 0 aliphatic carbocycles. The Labute approximate surface area is 256 Å². The van der Waals surface area contributed by atoms with E-state index in [2.05, 4.69) is 27.7 Å². The second kappa shape index (κ2) is 27.8. The van der Waals surface area contributed by atoms with Crippen molar-refractivity contribution in [2.24, 2.45) is 17.3 Å². The number of rotatable bonds is 32. The zero-order valence-electron chi connectivity index (χ0n) is 28.2. The smallest absolute Gasteiger partial charge is 0.309 e. The molecule has 0 unspecified atom stereocenters. The van der Waals surface area contributed by atoms with E-state index in [-0.39, 0.29) is 6.42 Å². The second-order valence-corrected chi connectivity index (χ2v) is 14.1. The number of aliphatic carboxylic acids is 2. The maximum Gasteiger partial charge on any atom is 0.309 e. The summed E-state index contributed by atoms with van der Waals surface area (Å²) in [6.45, 7) is 9.22. The van der Waals surface area contributed by atoms with Gasteiger partial charge >= 0.3 is 11.9 Å². The molecule has 0 aliphatic rings. The van der Waals surface area contributed by atoms with Gasteiger partial charge in [0, 0.05) is 6.42 Å². The Morgan fingerprint density at radius 3 is 0.976 bits per heavy atom. The van der Waals surface area contributed by atoms with Gasteiger partial charge in [-0.15, -0.1) is 0 Å². The van der Waals surface area contributed by atoms with Gasteiger partial charge in [-0.3, -0.25) is 9.59 Å². The van der Waals surface area contributed by atoms with Crippen molar-refractivity contribution in [1.82, 2.24) is 0 Å². The molecule has 0 aromatic heterocycles. The number of carboxylic acids is 2. The van der Waals surface area contributed by atoms with Gasteiger partial charge in [0.2, 0.25) is 0 Å². The van der Waals surface area contributed by atoms with Crippen LogP contribution in [0.4, 0.5) is 0 Å². The van der Waals surface area contributed by atoms with Gasteiger partial charge in [0.05, 0.1) is 5.41 Å². The lowest BCUT2D eigenvalue weighted by molar-refractivity contribution is -0.150. The van der Waals surface area contributed by atoms with E-state index in [1.807, 2.05) is 0 Å². The standard InChI is InChI=1S/C37H72O4/c1-33(2)27-21-15-11-7-5-9-13-18-24-30-37(36(40)41,32-26-20-17-23-29-35(38)39)31-25-19-14-10-6-8-12-16-22-28-34(3)4/h33-34H,5-32H2,1-4H3,(H,38,39)(H,40,41). The van der Waals surface area contributed by atoms with E-state index < -0.39 is 17.4 Å². The van der Waals surface area contributed by atoms with Crippen molar-refractivity contribution in [3.63, 3.8) is 0 Å². The van der Waals surface area contributed by atoms with Gasteiger partial charge < -0.3 is 10.2 Å². The lowest BCUT2D eigenvalue weighted by Crippen LogP contribution is -2.31. The Morgan fingerprint density at radius 1 is 0.439 bits per heavy atom. The summed E-state index contributed by atoms with van der Waals surface area (Å²) >= 11 is 0. The summed E-state index contributed by atoms with van der Waals surface area (Å²) in [5, 5.41) is 19.3. The fraction of sp³-hybridized carbons (Fsp3) is 0.946. The maximum absolute atomic E-state index is 12.6. The highest BCUT2D eigenvalue weighted by Gasteiger charge is 2.36. The minimum absolute atomic E-state index is 0.222. The fourth-order valence-corrected chi connectivity index (χ4v) is 6.30.